The number of anilines is 1. The molecule has 0 saturated heterocycles. The van der Waals surface area contributed by atoms with Crippen LogP contribution in [0.1, 0.15) is 5.56 Å². The SMILES string of the molecule is CN(Cc1ccc(Cl)c(Cl)c1)C(=O)Nc1nc(-c2cccnc2)cs1. The molecule has 2 heterocycles. The first-order valence-corrected chi connectivity index (χ1v) is 8.98. The molecule has 0 bridgehead atoms. The summed E-state index contributed by atoms with van der Waals surface area (Å²) < 4.78 is 0. The number of halogens is 2. The monoisotopic (exact) mass is 392 g/mol. The van der Waals surface area contributed by atoms with Crippen LogP contribution in [0.2, 0.25) is 10.0 Å². The molecule has 0 aliphatic heterocycles. The molecule has 0 aliphatic carbocycles. The molecule has 1 N–H and O–H groups in total. The number of nitrogens with one attached hydrogen (secondary N) is 1. The van der Waals surface area contributed by atoms with E-state index in [1.165, 1.54) is 11.3 Å². The van der Waals surface area contributed by atoms with E-state index in [2.05, 4.69) is 15.3 Å². The summed E-state index contributed by atoms with van der Waals surface area (Å²) in [4.78, 5) is 22.4. The van der Waals surface area contributed by atoms with E-state index in [4.69, 9.17) is 23.2 Å². The topological polar surface area (TPSA) is 58.1 Å². The van der Waals surface area contributed by atoms with Crippen LogP contribution in [-0.4, -0.2) is 27.9 Å². The van der Waals surface area contributed by atoms with Crippen LogP contribution in [0.15, 0.2) is 48.1 Å². The molecule has 3 aromatic rings. The van der Waals surface area contributed by atoms with Gasteiger partial charge in [-0.15, -0.1) is 11.3 Å². The van der Waals surface area contributed by atoms with Crippen molar-refractivity contribution in [2.75, 3.05) is 12.4 Å². The third-order valence-corrected chi connectivity index (χ3v) is 4.92. The first kappa shape index (κ1) is 17.7. The number of amides is 2. The van der Waals surface area contributed by atoms with Gasteiger partial charge in [-0.25, -0.2) is 9.78 Å². The summed E-state index contributed by atoms with van der Waals surface area (Å²) in [6.45, 7) is 0.406. The highest BCUT2D eigenvalue weighted by molar-refractivity contribution is 7.14. The predicted octanol–water partition coefficient (Wildman–Crippen LogP) is 5.18. The molecule has 0 atom stereocenters. The summed E-state index contributed by atoms with van der Waals surface area (Å²) in [7, 11) is 1.70. The van der Waals surface area contributed by atoms with Gasteiger partial charge >= 0.3 is 6.03 Å². The van der Waals surface area contributed by atoms with Gasteiger partial charge in [-0.05, 0) is 29.8 Å². The summed E-state index contributed by atoms with van der Waals surface area (Å²) in [5.74, 6) is 0. The van der Waals surface area contributed by atoms with Gasteiger partial charge in [0.05, 0.1) is 15.7 Å². The van der Waals surface area contributed by atoms with E-state index in [0.717, 1.165) is 16.8 Å². The molecule has 2 aromatic heterocycles. The second-order valence-electron chi connectivity index (χ2n) is 5.31. The number of benzene rings is 1. The fourth-order valence-corrected chi connectivity index (χ4v) is 3.18. The Morgan fingerprint density at radius 2 is 2.12 bits per heavy atom. The molecule has 0 radical (unpaired) electrons. The summed E-state index contributed by atoms with van der Waals surface area (Å²) in [6, 6.07) is 8.81. The summed E-state index contributed by atoms with van der Waals surface area (Å²) in [6.07, 6.45) is 3.44. The molecule has 5 nitrogen and oxygen atoms in total. The minimum atomic E-state index is -0.252. The highest BCUT2D eigenvalue weighted by Gasteiger charge is 2.13. The van der Waals surface area contributed by atoms with Crippen molar-refractivity contribution >= 4 is 45.7 Å². The number of carbonyl (C=O) groups excluding carboxylic acids is 1. The maximum absolute atomic E-state index is 12.3. The van der Waals surface area contributed by atoms with Gasteiger partial charge in [-0.3, -0.25) is 10.3 Å². The number of urea groups is 1. The third-order valence-electron chi connectivity index (χ3n) is 3.43. The minimum Gasteiger partial charge on any atom is -0.323 e. The Labute approximate surface area is 159 Å². The number of hydrogen-bond acceptors (Lipinski definition) is 4. The van der Waals surface area contributed by atoms with Gasteiger partial charge in [0.2, 0.25) is 0 Å². The molecule has 8 heteroatoms. The molecule has 0 saturated carbocycles. The molecule has 25 heavy (non-hydrogen) atoms. The molecular weight excluding hydrogens is 379 g/mol. The zero-order chi connectivity index (χ0) is 17.8. The van der Waals surface area contributed by atoms with Crippen LogP contribution in [0, 0.1) is 0 Å². The molecular formula is C17H14Cl2N4OS. The van der Waals surface area contributed by atoms with Crippen molar-refractivity contribution in [3.8, 4) is 11.3 Å². The van der Waals surface area contributed by atoms with Crippen molar-refractivity contribution in [1.82, 2.24) is 14.9 Å². The molecule has 2 amide bonds. The zero-order valence-electron chi connectivity index (χ0n) is 13.2. The first-order valence-electron chi connectivity index (χ1n) is 7.35. The fourth-order valence-electron chi connectivity index (χ4n) is 2.15. The Morgan fingerprint density at radius 1 is 1.28 bits per heavy atom. The number of pyridine rings is 1. The summed E-state index contributed by atoms with van der Waals surface area (Å²) in [5.41, 5.74) is 2.58. The highest BCUT2D eigenvalue weighted by Crippen LogP contribution is 2.25. The Balaban J connectivity index is 1.63. The number of rotatable bonds is 4. The average Bonchev–Trinajstić information content (AvgIpc) is 3.07. The van der Waals surface area contributed by atoms with Crippen molar-refractivity contribution in [2.24, 2.45) is 0 Å². The Bertz CT molecular complexity index is 885. The van der Waals surface area contributed by atoms with E-state index < -0.39 is 0 Å². The fraction of sp³-hybridized carbons (Fsp3) is 0.118. The Hall–Kier alpha value is -2.15. The van der Waals surface area contributed by atoms with E-state index in [0.29, 0.717) is 21.7 Å². The van der Waals surface area contributed by atoms with Crippen LogP contribution in [0.25, 0.3) is 11.3 Å². The van der Waals surface area contributed by atoms with E-state index in [1.807, 2.05) is 23.6 Å². The second kappa shape index (κ2) is 7.82. The summed E-state index contributed by atoms with van der Waals surface area (Å²) in [5, 5.41) is 6.16. The maximum atomic E-state index is 12.3. The van der Waals surface area contributed by atoms with Crippen molar-refractivity contribution < 1.29 is 4.79 Å². The molecule has 0 spiro atoms. The summed E-state index contributed by atoms with van der Waals surface area (Å²) >= 11 is 13.3. The van der Waals surface area contributed by atoms with Crippen LogP contribution in [-0.2, 0) is 6.54 Å². The zero-order valence-corrected chi connectivity index (χ0v) is 15.6. The quantitative estimate of drug-likeness (QED) is 0.665. The number of hydrogen-bond donors (Lipinski definition) is 1. The molecule has 3 rings (SSSR count). The van der Waals surface area contributed by atoms with Gasteiger partial charge in [0.25, 0.3) is 0 Å². The van der Waals surface area contributed by atoms with E-state index >= 15 is 0 Å². The minimum absolute atomic E-state index is 0.252. The lowest BCUT2D eigenvalue weighted by Crippen LogP contribution is -2.30. The largest absolute Gasteiger partial charge is 0.323 e. The smallest absolute Gasteiger partial charge is 0.323 e. The molecule has 1 aromatic carbocycles. The maximum Gasteiger partial charge on any atom is 0.323 e. The Morgan fingerprint density at radius 3 is 2.84 bits per heavy atom. The van der Waals surface area contributed by atoms with Gasteiger partial charge in [-0.2, -0.15) is 0 Å². The number of aromatic nitrogens is 2. The number of nitrogens with zero attached hydrogens (tertiary/aromatic N) is 3. The average molecular weight is 393 g/mol. The number of thiazole rings is 1. The van der Waals surface area contributed by atoms with E-state index in [1.54, 1.807) is 36.5 Å². The lowest BCUT2D eigenvalue weighted by Gasteiger charge is -2.17. The van der Waals surface area contributed by atoms with Crippen molar-refractivity contribution in [3.63, 3.8) is 0 Å². The number of carbonyl (C=O) groups is 1. The standard InChI is InChI=1S/C17H14Cl2N4OS/c1-23(9-11-4-5-13(18)14(19)7-11)17(24)22-16-21-15(10-25-16)12-3-2-6-20-8-12/h2-8,10H,9H2,1H3,(H,21,22,24). The molecule has 128 valence electrons. The first-order chi connectivity index (χ1) is 12.0. The van der Waals surface area contributed by atoms with Gasteiger partial charge in [0.15, 0.2) is 5.13 Å². The molecule has 0 aliphatic rings. The molecule has 0 fully saturated rings. The van der Waals surface area contributed by atoms with Crippen LogP contribution in [0.4, 0.5) is 9.93 Å². The van der Waals surface area contributed by atoms with Gasteiger partial charge in [0, 0.05) is 36.9 Å². The van der Waals surface area contributed by atoms with Crippen LogP contribution >= 0.6 is 34.5 Å². The highest BCUT2D eigenvalue weighted by atomic mass is 35.5. The van der Waals surface area contributed by atoms with Gasteiger partial charge in [-0.1, -0.05) is 29.3 Å². The van der Waals surface area contributed by atoms with E-state index in [-0.39, 0.29) is 6.03 Å². The van der Waals surface area contributed by atoms with Crippen molar-refractivity contribution in [3.05, 3.63) is 63.7 Å². The van der Waals surface area contributed by atoms with Crippen LogP contribution in [0.5, 0.6) is 0 Å². The van der Waals surface area contributed by atoms with E-state index in [9.17, 15) is 4.79 Å². The van der Waals surface area contributed by atoms with Crippen molar-refractivity contribution in [2.45, 2.75) is 6.54 Å². The predicted molar refractivity (Wildman–Crippen MR) is 102 cm³/mol. The normalized spacial score (nSPS) is 10.5. The third kappa shape index (κ3) is 4.48. The van der Waals surface area contributed by atoms with Crippen molar-refractivity contribution in [1.29, 1.82) is 0 Å². The molecule has 0 unspecified atom stereocenters. The lowest BCUT2D eigenvalue weighted by molar-refractivity contribution is 0.220. The van der Waals surface area contributed by atoms with Crippen LogP contribution in [0.3, 0.4) is 0 Å². The second-order valence-corrected chi connectivity index (χ2v) is 6.99. The van der Waals surface area contributed by atoms with Gasteiger partial charge in [0.1, 0.15) is 0 Å². The van der Waals surface area contributed by atoms with Crippen LogP contribution < -0.4 is 5.32 Å². The lowest BCUT2D eigenvalue weighted by atomic mass is 10.2. The Kier molecular flexibility index (Phi) is 5.53. The van der Waals surface area contributed by atoms with Gasteiger partial charge < -0.3 is 4.90 Å².